The third kappa shape index (κ3) is 5.35. The number of halogens is 2. The molecule has 0 radical (unpaired) electrons. The number of fused-ring (bicyclic) bond motifs is 3. The second-order valence-electron chi connectivity index (χ2n) is 9.33. The van der Waals surface area contributed by atoms with Crippen LogP contribution in [-0.4, -0.2) is 61.8 Å². The van der Waals surface area contributed by atoms with Crippen molar-refractivity contribution in [1.82, 2.24) is 0 Å². The molecule has 1 atom stereocenters. The average Bonchev–Trinajstić information content (AvgIpc) is 3.03. The first kappa shape index (κ1) is 22.9. The van der Waals surface area contributed by atoms with Crippen LogP contribution in [-0.2, 0) is 6.42 Å². The van der Waals surface area contributed by atoms with E-state index >= 15 is 0 Å². The number of rotatable bonds is 6. The molecular weight excluding hydrogens is 546 g/mol. The zero-order chi connectivity index (χ0) is 16.5. The van der Waals surface area contributed by atoms with Crippen LogP contribution in [0, 0.1) is 11.8 Å². The predicted molar refractivity (Wildman–Crippen MR) is 101 cm³/mol. The highest BCUT2D eigenvalue weighted by Gasteiger charge is 2.45. The Balaban J connectivity index is 0.00000121. The lowest BCUT2D eigenvalue weighted by atomic mass is 9.74. The monoisotopic (exact) mass is 582 g/mol. The van der Waals surface area contributed by atoms with Gasteiger partial charge in [0.25, 0.3) is 0 Å². The summed E-state index contributed by atoms with van der Waals surface area (Å²) in [5.74, 6) is 1.94. The molecule has 2 nitrogen and oxygen atoms in total. The first-order valence-corrected chi connectivity index (χ1v) is 10.4. The number of piperidine rings is 3. The maximum absolute atomic E-state index is 2.49. The van der Waals surface area contributed by atoms with Crippen molar-refractivity contribution in [3.8, 4) is 0 Å². The average molecular weight is 582 g/mol. The fourth-order valence-corrected chi connectivity index (χ4v) is 6.01. The van der Waals surface area contributed by atoms with Gasteiger partial charge in [-0.05, 0) is 17.9 Å². The molecule has 0 aromatic heterocycles. The van der Waals surface area contributed by atoms with Gasteiger partial charge < -0.3 is 56.9 Å². The quantitative estimate of drug-likeness (QED) is 0.263. The number of hydrogen-bond donors (Lipinski definition) is 0. The van der Waals surface area contributed by atoms with Crippen LogP contribution in [0.15, 0.2) is 30.3 Å². The van der Waals surface area contributed by atoms with E-state index in [-0.39, 0.29) is 48.0 Å². The number of quaternary nitrogens is 2. The minimum Gasteiger partial charge on any atom is -1.00 e. The summed E-state index contributed by atoms with van der Waals surface area (Å²) in [6.45, 7) is 10.1. The Hall–Kier alpha value is 0.600. The van der Waals surface area contributed by atoms with Crippen LogP contribution in [0.25, 0.3) is 0 Å². The maximum atomic E-state index is 2.49. The molecule has 0 spiro atoms. The minimum absolute atomic E-state index is 0. The van der Waals surface area contributed by atoms with E-state index in [9.17, 15) is 0 Å². The number of likely N-dealkylation sites (tertiary alicyclic amines) is 1. The number of benzene rings is 1. The summed E-state index contributed by atoms with van der Waals surface area (Å²) in [4.78, 5) is 0. The smallest absolute Gasteiger partial charge is 0.0841 e. The molecule has 1 aromatic carbocycles. The molecule has 4 fully saturated rings. The summed E-state index contributed by atoms with van der Waals surface area (Å²) in [7, 11) is 2.49. The summed E-state index contributed by atoms with van der Waals surface area (Å²) in [5.41, 5.74) is 1.56. The van der Waals surface area contributed by atoms with Crippen LogP contribution in [0.5, 0.6) is 0 Å². The van der Waals surface area contributed by atoms with Gasteiger partial charge in [-0.2, -0.15) is 0 Å². The van der Waals surface area contributed by atoms with Gasteiger partial charge in [0.1, 0.15) is 0 Å². The van der Waals surface area contributed by atoms with Crippen molar-refractivity contribution in [3.63, 3.8) is 0 Å². The van der Waals surface area contributed by atoms with Crippen molar-refractivity contribution in [2.24, 2.45) is 11.8 Å². The van der Waals surface area contributed by atoms with Crippen LogP contribution in [0.1, 0.15) is 37.7 Å². The van der Waals surface area contributed by atoms with E-state index in [0.29, 0.717) is 0 Å². The Labute approximate surface area is 194 Å². The van der Waals surface area contributed by atoms with Gasteiger partial charge in [0.05, 0.1) is 52.9 Å². The number of hydrogen-bond acceptors (Lipinski definition) is 0. The van der Waals surface area contributed by atoms with Crippen LogP contribution in [0.2, 0.25) is 0 Å². The van der Waals surface area contributed by atoms with Gasteiger partial charge in [-0.1, -0.05) is 30.3 Å². The van der Waals surface area contributed by atoms with Crippen molar-refractivity contribution in [2.45, 2.75) is 38.5 Å². The fourth-order valence-electron chi connectivity index (χ4n) is 6.01. The lowest BCUT2D eigenvalue weighted by Crippen LogP contribution is -3.00. The lowest BCUT2D eigenvalue weighted by molar-refractivity contribution is -0.952. The van der Waals surface area contributed by atoms with E-state index in [4.69, 9.17) is 0 Å². The Morgan fingerprint density at radius 3 is 2.19 bits per heavy atom. The molecule has 1 unspecified atom stereocenters. The third-order valence-electron chi connectivity index (χ3n) is 7.55. The van der Waals surface area contributed by atoms with Gasteiger partial charge in [-0.15, -0.1) is 0 Å². The topological polar surface area (TPSA) is 0 Å². The van der Waals surface area contributed by atoms with Gasteiger partial charge in [0.2, 0.25) is 0 Å². The molecule has 148 valence electrons. The Kier molecular flexibility index (Phi) is 8.70. The highest BCUT2D eigenvalue weighted by atomic mass is 127. The molecule has 5 rings (SSSR count). The van der Waals surface area contributed by atoms with E-state index in [1.807, 2.05) is 0 Å². The highest BCUT2D eigenvalue weighted by molar-refractivity contribution is 5.15. The largest absolute Gasteiger partial charge is 1.00 e. The first-order chi connectivity index (χ1) is 11.7. The molecular formula is C22H36I2N2. The Morgan fingerprint density at radius 2 is 1.54 bits per heavy atom. The summed E-state index contributed by atoms with van der Waals surface area (Å²) < 4.78 is 2.81. The molecule has 0 saturated carbocycles. The molecule has 4 aliphatic rings. The van der Waals surface area contributed by atoms with Crippen LogP contribution in [0.3, 0.4) is 0 Å². The van der Waals surface area contributed by atoms with Crippen molar-refractivity contribution in [3.05, 3.63) is 35.9 Å². The molecule has 0 amide bonds. The second kappa shape index (κ2) is 9.88. The standard InChI is InChI=1S/C22H36N2.2HI/c1-23(12-5-6-13-23)14-7-15-24-16-10-21(11-17-24)22(19-24)18-20-8-3-2-4-9-20;;/h2-4,8-9,21-22H,5-7,10-19H2,1H3;2*1H/q+2;;/p-2. The Morgan fingerprint density at radius 1 is 0.885 bits per heavy atom. The fraction of sp³-hybridized carbons (Fsp3) is 0.727. The zero-order valence-electron chi connectivity index (χ0n) is 16.4. The molecule has 26 heavy (non-hydrogen) atoms. The molecule has 4 saturated heterocycles. The van der Waals surface area contributed by atoms with Crippen LogP contribution in [0.4, 0.5) is 0 Å². The molecule has 1 aromatic rings. The Bertz CT molecular complexity index is 534. The molecule has 4 heteroatoms. The van der Waals surface area contributed by atoms with E-state index < -0.39 is 0 Å². The first-order valence-electron chi connectivity index (χ1n) is 10.4. The van der Waals surface area contributed by atoms with Crippen molar-refractivity contribution >= 4 is 0 Å². The van der Waals surface area contributed by atoms with Crippen molar-refractivity contribution in [1.29, 1.82) is 0 Å². The lowest BCUT2D eigenvalue weighted by Gasteiger charge is -2.53. The van der Waals surface area contributed by atoms with Gasteiger partial charge in [-0.3, -0.25) is 0 Å². The number of nitrogens with zero attached hydrogens (tertiary/aromatic N) is 2. The summed E-state index contributed by atoms with van der Waals surface area (Å²) >= 11 is 0. The molecule has 0 aliphatic carbocycles. The van der Waals surface area contributed by atoms with E-state index in [1.165, 1.54) is 93.3 Å². The second-order valence-corrected chi connectivity index (χ2v) is 9.33. The summed E-state index contributed by atoms with van der Waals surface area (Å²) in [5, 5.41) is 0. The van der Waals surface area contributed by atoms with E-state index in [0.717, 1.165) is 11.8 Å². The summed E-state index contributed by atoms with van der Waals surface area (Å²) in [6.07, 6.45) is 8.65. The maximum Gasteiger partial charge on any atom is 0.0841 e. The molecule has 2 bridgehead atoms. The van der Waals surface area contributed by atoms with Crippen molar-refractivity contribution in [2.75, 3.05) is 52.9 Å². The molecule has 4 heterocycles. The van der Waals surface area contributed by atoms with Gasteiger partial charge >= 0.3 is 0 Å². The van der Waals surface area contributed by atoms with E-state index in [2.05, 4.69) is 37.4 Å². The summed E-state index contributed by atoms with van der Waals surface area (Å²) in [6, 6.07) is 11.2. The highest BCUT2D eigenvalue weighted by Crippen LogP contribution is 2.39. The van der Waals surface area contributed by atoms with Gasteiger partial charge in [0, 0.05) is 38.0 Å². The van der Waals surface area contributed by atoms with Crippen LogP contribution >= 0.6 is 0 Å². The molecule has 4 aliphatic heterocycles. The zero-order valence-corrected chi connectivity index (χ0v) is 20.7. The van der Waals surface area contributed by atoms with Gasteiger partial charge in [0.15, 0.2) is 0 Å². The third-order valence-corrected chi connectivity index (χ3v) is 7.55. The van der Waals surface area contributed by atoms with E-state index in [1.54, 1.807) is 5.56 Å². The van der Waals surface area contributed by atoms with Crippen LogP contribution < -0.4 is 48.0 Å². The normalized spacial score (nSPS) is 31.9. The molecule has 0 N–H and O–H groups in total. The SMILES string of the molecule is C[N+]1(CCC[N+]23CCC(CC2)C(Cc2ccccc2)C3)CCCC1.[I-].[I-]. The van der Waals surface area contributed by atoms with Gasteiger partial charge in [-0.25, -0.2) is 0 Å². The predicted octanol–water partition coefficient (Wildman–Crippen LogP) is -2.28. The minimum atomic E-state index is 0. The van der Waals surface area contributed by atoms with Crippen molar-refractivity contribution < 1.29 is 56.9 Å².